The Morgan fingerprint density at radius 3 is 3.15 bits per heavy atom. The van der Waals surface area contributed by atoms with Gasteiger partial charge in [0, 0.05) is 28.6 Å². The molecule has 2 aliphatic heterocycles. The van der Waals surface area contributed by atoms with E-state index < -0.39 is 5.79 Å². The second-order valence-corrected chi connectivity index (χ2v) is 3.60. The maximum Gasteiger partial charge on any atom is 0.279 e. The van der Waals surface area contributed by atoms with Crippen LogP contribution >= 0.6 is 11.9 Å². The second-order valence-electron chi connectivity index (χ2n) is 2.78. The number of nitrogens with one attached hydrogen (secondary N) is 1. The van der Waals surface area contributed by atoms with Gasteiger partial charge in [-0.15, -0.1) is 0 Å². The molecule has 0 atom stereocenters. The summed E-state index contributed by atoms with van der Waals surface area (Å²) in [6, 6.07) is 0. The smallest absolute Gasteiger partial charge is 0.247 e. The molecule has 1 fully saturated rings. The number of fused-ring (bicyclic) bond motifs is 2. The highest BCUT2D eigenvalue weighted by atomic mass is 32.2. The zero-order chi connectivity index (χ0) is 8.73. The first kappa shape index (κ1) is 7.37. The van der Waals surface area contributed by atoms with Gasteiger partial charge in [0.1, 0.15) is 0 Å². The molecule has 66 valence electrons. The molecule has 1 N–H and O–H groups in total. The third kappa shape index (κ3) is 1.05. The quantitative estimate of drug-likeness (QED) is 0.358. The summed E-state index contributed by atoms with van der Waals surface area (Å²) in [5, 5.41) is 3.92. The van der Waals surface area contributed by atoms with Gasteiger partial charge in [0.05, 0.1) is 0 Å². The topological polar surface area (TPSA) is 49.5 Å². The molecule has 0 saturated carbocycles. The van der Waals surface area contributed by atoms with Crippen LogP contribution in [0.4, 0.5) is 0 Å². The van der Waals surface area contributed by atoms with E-state index in [-0.39, 0.29) is 0 Å². The highest BCUT2D eigenvalue weighted by molar-refractivity contribution is 8.01. The molecule has 13 heavy (non-hydrogen) atoms. The van der Waals surface area contributed by atoms with Crippen LogP contribution in [0, 0.1) is 0 Å². The number of rotatable bonds is 0. The van der Waals surface area contributed by atoms with E-state index in [1.807, 2.05) is 24.3 Å². The molecule has 0 aromatic carbocycles. The third-order valence-electron chi connectivity index (χ3n) is 1.99. The molecule has 3 aliphatic rings. The van der Waals surface area contributed by atoms with Gasteiger partial charge in [-0.05, 0) is 18.2 Å². The largest absolute Gasteiger partial charge is 0.279 e. The summed E-state index contributed by atoms with van der Waals surface area (Å²) < 4.78 is 0. The van der Waals surface area contributed by atoms with Crippen molar-refractivity contribution in [1.29, 1.82) is 0 Å². The van der Waals surface area contributed by atoms with Crippen LogP contribution < -0.4 is 4.83 Å². The van der Waals surface area contributed by atoms with Crippen molar-refractivity contribution in [2.24, 2.45) is 5.10 Å². The van der Waals surface area contributed by atoms with E-state index in [9.17, 15) is 0 Å². The first-order valence-corrected chi connectivity index (χ1v) is 4.65. The standard InChI is InChI=1S/C8H6N2O2S/c1-2-7-6(3-5-9-10-13-7)8(4-1)11-12-8/h1-5,10H. The number of hydrazone groups is 1. The average Bonchev–Trinajstić information content (AvgIpc) is 2.90. The predicted octanol–water partition coefficient (Wildman–Crippen LogP) is 1.26. The van der Waals surface area contributed by atoms with E-state index in [4.69, 9.17) is 9.78 Å². The van der Waals surface area contributed by atoms with Crippen molar-refractivity contribution >= 4 is 18.2 Å². The monoisotopic (exact) mass is 194 g/mol. The fraction of sp³-hybridized carbons (Fsp3) is 0.125. The molecular weight excluding hydrogens is 188 g/mol. The molecule has 0 aromatic heterocycles. The van der Waals surface area contributed by atoms with Crippen molar-refractivity contribution < 1.29 is 9.78 Å². The van der Waals surface area contributed by atoms with Crippen LogP contribution in [-0.4, -0.2) is 12.0 Å². The summed E-state index contributed by atoms with van der Waals surface area (Å²) >= 11 is 1.44. The minimum atomic E-state index is -0.630. The Bertz CT molecular complexity index is 366. The zero-order valence-corrected chi connectivity index (χ0v) is 7.38. The molecule has 3 rings (SSSR count). The van der Waals surface area contributed by atoms with Gasteiger partial charge in [-0.3, -0.25) is 0 Å². The molecule has 0 bridgehead atoms. The van der Waals surface area contributed by atoms with Gasteiger partial charge < -0.3 is 0 Å². The van der Waals surface area contributed by atoms with E-state index in [0.717, 1.165) is 10.5 Å². The minimum Gasteiger partial charge on any atom is -0.247 e. The van der Waals surface area contributed by atoms with Gasteiger partial charge in [0.15, 0.2) is 0 Å². The van der Waals surface area contributed by atoms with Gasteiger partial charge in [-0.2, -0.15) is 14.9 Å². The van der Waals surface area contributed by atoms with Gasteiger partial charge in [-0.25, -0.2) is 4.83 Å². The predicted molar refractivity (Wildman–Crippen MR) is 49.4 cm³/mol. The lowest BCUT2D eigenvalue weighted by atomic mass is 10.0. The number of nitrogens with zero attached hydrogens (tertiary/aromatic N) is 1. The van der Waals surface area contributed by atoms with Crippen molar-refractivity contribution in [1.82, 2.24) is 4.83 Å². The van der Waals surface area contributed by atoms with Crippen LogP contribution in [0.25, 0.3) is 0 Å². The second kappa shape index (κ2) is 2.47. The molecule has 1 saturated heterocycles. The highest BCUT2D eigenvalue weighted by Crippen LogP contribution is 2.46. The van der Waals surface area contributed by atoms with Crippen LogP contribution in [0.15, 0.2) is 39.9 Å². The lowest BCUT2D eigenvalue weighted by Gasteiger charge is -2.12. The molecule has 5 heteroatoms. The lowest BCUT2D eigenvalue weighted by Crippen LogP contribution is -2.14. The van der Waals surface area contributed by atoms with E-state index >= 15 is 0 Å². The minimum absolute atomic E-state index is 0.630. The number of allylic oxidation sites excluding steroid dienone is 3. The molecular formula is C8H6N2O2S. The summed E-state index contributed by atoms with van der Waals surface area (Å²) in [7, 11) is 0. The van der Waals surface area contributed by atoms with Gasteiger partial charge in [-0.1, -0.05) is 6.08 Å². The van der Waals surface area contributed by atoms with Gasteiger partial charge in [0.25, 0.3) is 5.79 Å². The molecule has 4 nitrogen and oxygen atoms in total. The highest BCUT2D eigenvalue weighted by Gasteiger charge is 2.52. The van der Waals surface area contributed by atoms with Crippen LogP contribution in [0.5, 0.6) is 0 Å². The van der Waals surface area contributed by atoms with Crippen molar-refractivity contribution in [2.75, 3.05) is 0 Å². The summed E-state index contributed by atoms with van der Waals surface area (Å²) in [6.45, 7) is 0. The molecule has 2 heterocycles. The molecule has 1 aliphatic carbocycles. The SMILES string of the molecule is C1=CC2(OO2)C2=CC=NNSC2=C1. The van der Waals surface area contributed by atoms with Crippen molar-refractivity contribution in [3.05, 3.63) is 34.8 Å². The summed E-state index contributed by atoms with van der Waals surface area (Å²) in [6.07, 6.45) is 9.36. The van der Waals surface area contributed by atoms with Gasteiger partial charge >= 0.3 is 0 Å². The first-order chi connectivity index (χ1) is 6.41. The molecule has 1 spiro atoms. The fourth-order valence-electron chi connectivity index (χ4n) is 1.31. The Morgan fingerprint density at radius 2 is 2.31 bits per heavy atom. The van der Waals surface area contributed by atoms with E-state index in [2.05, 4.69) is 9.93 Å². The Kier molecular flexibility index (Phi) is 1.40. The summed E-state index contributed by atoms with van der Waals surface area (Å²) in [5.74, 6) is -0.630. The van der Waals surface area contributed by atoms with Crippen LogP contribution in [0.3, 0.4) is 0 Å². The fourth-order valence-corrected chi connectivity index (χ4v) is 1.99. The molecule has 0 unspecified atom stereocenters. The Balaban J connectivity index is 2.08. The zero-order valence-electron chi connectivity index (χ0n) is 6.56. The van der Waals surface area contributed by atoms with E-state index in [0.29, 0.717) is 0 Å². The normalized spacial score (nSPS) is 27.1. The maximum absolute atomic E-state index is 4.96. The van der Waals surface area contributed by atoms with Crippen LogP contribution in [0.1, 0.15) is 0 Å². The maximum atomic E-state index is 4.96. The van der Waals surface area contributed by atoms with Crippen LogP contribution in [-0.2, 0) is 9.78 Å². The Labute approximate surface area is 79.0 Å². The van der Waals surface area contributed by atoms with E-state index in [1.54, 1.807) is 6.21 Å². The average molecular weight is 194 g/mol. The summed E-state index contributed by atoms with van der Waals surface area (Å²) in [5.41, 5.74) is 0.994. The Morgan fingerprint density at radius 1 is 1.38 bits per heavy atom. The molecule has 0 radical (unpaired) electrons. The molecule has 0 amide bonds. The first-order valence-electron chi connectivity index (χ1n) is 3.83. The van der Waals surface area contributed by atoms with E-state index in [1.165, 1.54) is 11.9 Å². The van der Waals surface area contributed by atoms with Crippen LogP contribution in [0.2, 0.25) is 0 Å². The number of hydrogen-bond donors (Lipinski definition) is 1. The lowest BCUT2D eigenvalue weighted by molar-refractivity contribution is 0.0850. The van der Waals surface area contributed by atoms with Crippen molar-refractivity contribution in [3.8, 4) is 0 Å². The van der Waals surface area contributed by atoms with Crippen molar-refractivity contribution in [3.63, 3.8) is 0 Å². The Hall–Kier alpha value is -1.04. The van der Waals surface area contributed by atoms with Gasteiger partial charge in [0.2, 0.25) is 0 Å². The third-order valence-corrected chi connectivity index (χ3v) is 2.76. The van der Waals surface area contributed by atoms with Crippen molar-refractivity contribution in [2.45, 2.75) is 5.79 Å². The molecule has 0 aromatic rings. The number of hydrogen-bond acceptors (Lipinski definition) is 5. The summed E-state index contributed by atoms with van der Waals surface area (Å²) in [4.78, 5) is 13.8.